The number of carbonyl (C=O) groups is 1. The van der Waals surface area contributed by atoms with Gasteiger partial charge in [0.15, 0.2) is 11.5 Å². The lowest BCUT2D eigenvalue weighted by atomic mass is 9.99. The molecular formula is C30H32F2N6O3. The molecule has 1 saturated heterocycles. The number of amides is 1. The number of fused-ring (bicyclic) bond motifs is 1. The second-order valence-corrected chi connectivity index (χ2v) is 10.7. The predicted octanol–water partition coefficient (Wildman–Crippen LogP) is 4.89. The minimum Gasteiger partial charge on any atom is -0.511 e. The lowest BCUT2D eigenvalue weighted by molar-refractivity contribution is -0.126. The van der Waals surface area contributed by atoms with E-state index in [2.05, 4.69) is 21.5 Å². The number of rotatable bonds is 5. The summed E-state index contributed by atoms with van der Waals surface area (Å²) < 4.78 is 32.1. The largest absolute Gasteiger partial charge is 0.511 e. The number of carbonyl (C=O) groups excluding carboxylic acids is 1. The SMILES string of the molecule is C=CC(=O)N1CCN(c2nc(=O)n(-c3c(C)ccnc3C(C)C)c3nc(C4=C(O)CCC=C4F)c(F)cc23)C(C)C1. The van der Waals surface area contributed by atoms with Crippen molar-refractivity contribution >= 4 is 28.3 Å². The number of nitrogens with zero attached hydrogens (tertiary/aromatic N) is 6. The number of piperazine rings is 1. The molecule has 11 heteroatoms. The minimum atomic E-state index is -0.863. The van der Waals surface area contributed by atoms with E-state index in [1.54, 1.807) is 17.2 Å². The fraction of sp³-hybridized carbons (Fsp3) is 0.367. The van der Waals surface area contributed by atoms with Crippen LogP contribution in [-0.2, 0) is 4.79 Å². The van der Waals surface area contributed by atoms with Crippen LogP contribution in [0.15, 0.2) is 53.4 Å². The van der Waals surface area contributed by atoms with Crippen molar-refractivity contribution in [1.29, 1.82) is 0 Å². The summed E-state index contributed by atoms with van der Waals surface area (Å²) in [5.41, 5.74) is 0.487. The highest BCUT2D eigenvalue weighted by Gasteiger charge is 2.31. The average molecular weight is 563 g/mol. The Labute approximate surface area is 236 Å². The van der Waals surface area contributed by atoms with Gasteiger partial charge in [-0.2, -0.15) is 4.98 Å². The van der Waals surface area contributed by atoms with Crippen LogP contribution in [0.4, 0.5) is 14.6 Å². The van der Waals surface area contributed by atoms with Gasteiger partial charge in [0.1, 0.15) is 23.1 Å². The van der Waals surface area contributed by atoms with Gasteiger partial charge in [-0.1, -0.05) is 20.4 Å². The summed E-state index contributed by atoms with van der Waals surface area (Å²) in [6.45, 7) is 12.2. The molecule has 9 nitrogen and oxygen atoms in total. The highest BCUT2D eigenvalue weighted by Crippen LogP contribution is 2.37. The van der Waals surface area contributed by atoms with E-state index in [0.717, 1.165) is 5.56 Å². The number of hydrogen-bond acceptors (Lipinski definition) is 7. The highest BCUT2D eigenvalue weighted by atomic mass is 19.1. The van der Waals surface area contributed by atoms with Crippen LogP contribution < -0.4 is 10.6 Å². The van der Waals surface area contributed by atoms with Gasteiger partial charge in [0.25, 0.3) is 0 Å². The van der Waals surface area contributed by atoms with E-state index in [-0.39, 0.29) is 58.9 Å². The number of aliphatic hydroxyl groups is 1. The van der Waals surface area contributed by atoms with Gasteiger partial charge in [-0.05, 0) is 56.0 Å². The summed E-state index contributed by atoms with van der Waals surface area (Å²) in [6, 6.07) is 2.68. The normalized spacial score (nSPS) is 17.8. The highest BCUT2D eigenvalue weighted by molar-refractivity contribution is 5.92. The molecule has 1 fully saturated rings. The summed E-state index contributed by atoms with van der Waals surface area (Å²) in [4.78, 5) is 43.1. The molecule has 3 aromatic rings. The molecule has 41 heavy (non-hydrogen) atoms. The summed E-state index contributed by atoms with van der Waals surface area (Å²) >= 11 is 0. The number of halogens is 2. The molecule has 0 aromatic carbocycles. The lowest BCUT2D eigenvalue weighted by Gasteiger charge is -2.40. The molecule has 214 valence electrons. The van der Waals surface area contributed by atoms with Crippen molar-refractivity contribution in [3.63, 3.8) is 0 Å². The Balaban J connectivity index is 1.82. The molecule has 1 atom stereocenters. The molecule has 1 unspecified atom stereocenters. The fourth-order valence-electron chi connectivity index (χ4n) is 5.54. The minimum absolute atomic E-state index is 0.0601. The maximum atomic E-state index is 15.8. The van der Waals surface area contributed by atoms with Crippen LogP contribution in [0.3, 0.4) is 0 Å². The van der Waals surface area contributed by atoms with E-state index in [1.165, 1.54) is 22.8 Å². The number of anilines is 1. The molecule has 1 aliphatic heterocycles. The molecular weight excluding hydrogens is 530 g/mol. The summed E-state index contributed by atoms with van der Waals surface area (Å²) in [6.07, 6.45) is 4.60. The molecule has 0 bridgehead atoms. The Hall–Kier alpha value is -4.41. The molecule has 1 N–H and O–H groups in total. The zero-order valence-electron chi connectivity index (χ0n) is 23.5. The average Bonchev–Trinajstić information content (AvgIpc) is 2.93. The van der Waals surface area contributed by atoms with E-state index in [1.807, 2.05) is 32.6 Å². The van der Waals surface area contributed by atoms with Crippen molar-refractivity contribution in [3.05, 3.63) is 81.9 Å². The van der Waals surface area contributed by atoms with Crippen LogP contribution in [0.2, 0.25) is 0 Å². The van der Waals surface area contributed by atoms with Crippen molar-refractivity contribution < 1.29 is 18.7 Å². The van der Waals surface area contributed by atoms with Crippen molar-refractivity contribution in [1.82, 2.24) is 24.4 Å². The van der Waals surface area contributed by atoms with E-state index in [0.29, 0.717) is 31.0 Å². The third-order valence-corrected chi connectivity index (χ3v) is 7.58. The third-order valence-electron chi connectivity index (χ3n) is 7.58. The monoisotopic (exact) mass is 562 g/mol. The Morgan fingerprint density at radius 2 is 2.00 bits per heavy atom. The van der Waals surface area contributed by atoms with Gasteiger partial charge in [0, 0.05) is 38.3 Å². The number of aromatic nitrogens is 4. The predicted molar refractivity (Wildman–Crippen MR) is 153 cm³/mol. The maximum absolute atomic E-state index is 15.8. The van der Waals surface area contributed by atoms with E-state index in [9.17, 15) is 19.1 Å². The quantitative estimate of drug-likeness (QED) is 0.442. The summed E-state index contributed by atoms with van der Waals surface area (Å²) in [7, 11) is 0. The first kappa shape index (κ1) is 28.1. The van der Waals surface area contributed by atoms with Crippen LogP contribution in [0.25, 0.3) is 22.3 Å². The van der Waals surface area contributed by atoms with Gasteiger partial charge in [-0.25, -0.2) is 23.1 Å². The van der Waals surface area contributed by atoms with Crippen LogP contribution in [0.1, 0.15) is 56.5 Å². The maximum Gasteiger partial charge on any atom is 0.355 e. The first-order valence-corrected chi connectivity index (χ1v) is 13.6. The van der Waals surface area contributed by atoms with Gasteiger partial charge in [-0.15, -0.1) is 0 Å². The van der Waals surface area contributed by atoms with Crippen LogP contribution in [-0.4, -0.2) is 61.1 Å². The Morgan fingerprint density at radius 1 is 1.24 bits per heavy atom. The van der Waals surface area contributed by atoms with Gasteiger partial charge in [0.05, 0.1) is 22.3 Å². The third kappa shape index (κ3) is 4.89. The van der Waals surface area contributed by atoms with Crippen molar-refractivity contribution in [3.8, 4) is 5.69 Å². The first-order chi connectivity index (χ1) is 19.5. The molecule has 1 aliphatic carbocycles. The Morgan fingerprint density at radius 3 is 2.66 bits per heavy atom. The summed E-state index contributed by atoms with van der Waals surface area (Å²) in [5.74, 6) is -2.02. The van der Waals surface area contributed by atoms with Gasteiger partial charge in [0.2, 0.25) is 5.91 Å². The van der Waals surface area contributed by atoms with Gasteiger partial charge >= 0.3 is 5.69 Å². The van der Waals surface area contributed by atoms with Crippen LogP contribution >= 0.6 is 0 Å². The molecule has 0 saturated carbocycles. The van der Waals surface area contributed by atoms with Gasteiger partial charge in [-0.3, -0.25) is 9.78 Å². The first-order valence-electron chi connectivity index (χ1n) is 13.6. The molecule has 1 amide bonds. The number of allylic oxidation sites excluding steroid dienone is 4. The van der Waals surface area contributed by atoms with Gasteiger partial charge < -0.3 is 14.9 Å². The van der Waals surface area contributed by atoms with E-state index >= 15 is 4.39 Å². The molecule has 2 aliphatic rings. The zero-order valence-corrected chi connectivity index (χ0v) is 23.5. The fourth-order valence-corrected chi connectivity index (χ4v) is 5.54. The van der Waals surface area contributed by atoms with Crippen molar-refractivity contribution in [2.75, 3.05) is 24.5 Å². The van der Waals surface area contributed by atoms with Crippen molar-refractivity contribution in [2.45, 2.75) is 52.5 Å². The summed E-state index contributed by atoms with van der Waals surface area (Å²) in [5, 5.41) is 10.8. The Bertz CT molecular complexity index is 1690. The van der Waals surface area contributed by atoms with Crippen molar-refractivity contribution in [2.24, 2.45) is 0 Å². The second-order valence-electron chi connectivity index (χ2n) is 10.7. The number of hydrogen-bond donors (Lipinski definition) is 1. The molecule has 4 heterocycles. The van der Waals surface area contributed by atoms with Crippen LogP contribution in [0, 0.1) is 12.7 Å². The molecule has 5 rings (SSSR count). The molecule has 0 radical (unpaired) electrons. The Kier molecular flexibility index (Phi) is 7.46. The van der Waals surface area contributed by atoms with E-state index in [4.69, 9.17) is 0 Å². The standard InChI is InChI=1S/C30H32F2N6O3/c1-6-23(40)36-12-13-37(18(5)15-36)28-19-14-21(32)26(24-20(31)8-7-9-22(24)39)34-29(19)38(30(41)35-28)27-17(4)10-11-33-25(27)16(2)3/h6,8,10-11,14,16,18,39H,1,7,9,12-13,15H2,2-5H3. The number of aryl methyl sites for hydroxylation is 1. The smallest absolute Gasteiger partial charge is 0.355 e. The second kappa shape index (κ2) is 10.9. The molecule has 0 spiro atoms. The lowest BCUT2D eigenvalue weighted by Crippen LogP contribution is -2.54. The number of pyridine rings is 2. The zero-order chi connectivity index (χ0) is 29.6. The molecule has 3 aromatic heterocycles. The van der Waals surface area contributed by atoms with Crippen LogP contribution in [0.5, 0.6) is 0 Å². The number of aliphatic hydroxyl groups excluding tert-OH is 1. The van der Waals surface area contributed by atoms with E-state index < -0.39 is 23.0 Å². The topological polar surface area (TPSA) is 104 Å².